The van der Waals surface area contributed by atoms with Crippen LogP contribution in [0.5, 0.6) is 0 Å². The molecule has 0 spiro atoms. The van der Waals surface area contributed by atoms with Crippen molar-refractivity contribution in [1.29, 1.82) is 0 Å². The molecular weight excluding hydrogens is 347 g/mol. The summed E-state index contributed by atoms with van der Waals surface area (Å²) in [5, 5.41) is 3.53. The van der Waals surface area contributed by atoms with Gasteiger partial charge in [0, 0.05) is 15.7 Å². The largest absolute Gasteiger partial charge is 0.325 e. The molecule has 0 aliphatic rings. The zero-order chi connectivity index (χ0) is 16.2. The van der Waals surface area contributed by atoms with Gasteiger partial charge in [-0.05, 0) is 48.5 Å². The Kier molecular flexibility index (Phi) is 5.42. The van der Waals surface area contributed by atoms with Crippen molar-refractivity contribution in [1.82, 2.24) is 4.72 Å². The first-order valence-electron chi connectivity index (χ1n) is 6.17. The van der Waals surface area contributed by atoms with Crippen LogP contribution in [0.3, 0.4) is 0 Å². The molecule has 0 bridgehead atoms. The number of benzene rings is 2. The highest BCUT2D eigenvalue weighted by molar-refractivity contribution is 7.89. The molecule has 2 aromatic carbocycles. The zero-order valence-corrected chi connectivity index (χ0v) is 13.5. The summed E-state index contributed by atoms with van der Waals surface area (Å²) in [5.74, 6) is -0.486. The Balaban J connectivity index is 1.95. The Hall–Kier alpha value is -1.60. The van der Waals surface area contributed by atoms with Crippen LogP contribution < -0.4 is 10.0 Å². The Bertz CT molecular complexity index is 760. The number of carbonyl (C=O) groups is 1. The van der Waals surface area contributed by atoms with E-state index in [1.54, 1.807) is 24.3 Å². The minimum Gasteiger partial charge on any atom is -0.325 e. The summed E-state index contributed by atoms with van der Waals surface area (Å²) >= 11 is 11.4. The smallest absolute Gasteiger partial charge is 0.241 e. The van der Waals surface area contributed by atoms with Crippen LogP contribution in [0.15, 0.2) is 53.4 Å². The van der Waals surface area contributed by atoms with Crippen molar-refractivity contribution < 1.29 is 13.2 Å². The molecule has 2 aromatic rings. The maximum atomic E-state index is 12.0. The molecule has 0 saturated heterocycles. The lowest BCUT2D eigenvalue weighted by molar-refractivity contribution is -0.115. The highest BCUT2D eigenvalue weighted by Gasteiger charge is 2.15. The summed E-state index contributed by atoms with van der Waals surface area (Å²) < 4.78 is 26.2. The van der Waals surface area contributed by atoms with Gasteiger partial charge in [-0.3, -0.25) is 4.79 Å². The van der Waals surface area contributed by atoms with Crippen LogP contribution in [0.25, 0.3) is 0 Å². The van der Waals surface area contributed by atoms with E-state index in [9.17, 15) is 13.2 Å². The first kappa shape index (κ1) is 16.8. The summed E-state index contributed by atoms with van der Waals surface area (Å²) in [6.45, 7) is -0.381. The SMILES string of the molecule is O=C(CNS(=O)(=O)c1ccc(Cl)cc1)Nc1ccc(Cl)cc1. The first-order chi connectivity index (χ1) is 10.4. The summed E-state index contributed by atoms with van der Waals surface area (Å²) in [7, 11) is -3.76. The fraction of sp³-hybridized carbons (Fsp3) is 0.0714. The molecule has 1 amide bonds. The quantitative estimate of drug-likeness (QED) is 0.862. The van der Waals surface area contributed by atoms with Gasteiger partial charge in [-0.25, -0.2) is 13.1 Å². The number of carbonyl (C=O) groups excluding carboxylic acids is 1. The van der Waals surface area contributed by atoms with Crippen molar-refractivity contribution in [3.8, 4) is 0 Å². The van der Waals surface area contributed by atoms with Crippen molar-refractivity contribution in [2.75, 3.05) is 11.9 Å². The average Bonchev–Trinajstić information content (AvgIpc) is 2.48. The maximum Gasteiger partial charge on any atom is 0.241 e. The van der Waals surface area contributed by atoms with Gasteiger partial charge in [0.1, 0.15) is 0 Å². The standard InChI is InChI=1S/C14H12Cl2N2O3S/c15-10-1-5-12(6-2-10)18-14(19)9-17-22(20,21)13-7-3-11(16)4-8-13/h1-8,17H,9H2,(H,18,19). The minimum absolute atomic E-state index is 0.0381. The number of amides is 1. The van der Waals surface area contributed by atoms with Gasteiger partial charge in [0.2, 0.25) is 15.9 Å². The lowest BCUT2D eigenvalue weighted by Gasteiger charge is -2.08. The molecule has 0 fully saturated rings. The van der Waals surface area contributed by atoms with Gasteiger partial charge in [0.15, 0.2) is 0 Å². The predicted molar refractivity (Wildman–Crippen MR) is 86.7 cm³/mol. The van der Waals surface area contributed by atoms with E-state index in [2.05, 4.69) is 10.0 Å². The molecule has 5 nitrogen and oxygen atoms in total. The third kappa shape index (κ3) is 4.71. The number of halogens is 2. The number of sulfonamides is 1. The summed E-state index contributed by atoms with van der Waals surface area (Å²) in [6, 6.07) is 12.1. The third-order valence-electron chi connectivity index (χ3n) is 2.67. The van der Waals surface area contributed by atoms with Crippen molar-refractivity contribution in [2.45, 2.75) is 4.90 Å². The Morgan fingerprint density at radius 2 is 1.41 bits per heavy atom. The van der Waals surface area contributed by atoms with Gasteiger partial charge in [-0.2, -0.15) is 0 Å². The van der Waals surface area contributed by atoms with Crippen LogP contribution in [0, 0.1) is 0 Å². The number of hydrogen-bond acceptors (Lipinski definition) is 3. The molecule has 0 aliphatic heterocycles. The second-order valence-corrected chi connectivity index (χ2v) is 6.97. The number of nitrogens with one attached hydrogen (secondary N) is 2. The highest BCUT2D eigenvalue weighted by atomic mass is 35.5. The maximum absolute atomic E-state index is 12.0. The average molecular weight is 359 g/mol. The zero-order valence-electron chi connectivity index (χ0n) is 11.2. The lowest BCUT2D eigenvalue weighted by atomic mass is 10.3. The third-order valence-corrected chi connectivity index (χ3v) is 4.60. The fourth-order valence-corrected chi connectivity index (χ4v) is 2.83. The number of anilines is 1. The van der Waals surface area contributed by atoms with Crippen LogP contribution in [0.1, 0.15) is 0 Å². The van der Waals surface area contributed by atoms with E-state index in [0.29, 0.717) is 15.7 Å². The van der Waals surface area contributed by atoms with E-state index < -0.39 is 15.9 Å². The van der Waals surface area contributed by atoms with E-state index >= 15 is 0 Å². The van der Waals surface area contributed by atoms with Crippen molar-refractivity contribution in [3.63, 3.8) is 0 Å². The van der Waals surface area contributed by atoms with Crippen molar-refractivity contribution in [3.05, 3.63) is 58.6 Å². The van der Waals surface area contributed by atoms with Gasteiger partial charge in [0.05, 0.1) is 11.4 Å². The molecule has 116 valence electrons. The Morgan fingerprint density at radius 3 is 1.95 bits per heavy atom. The number of rotatable bonds is 5. The summed E-state index contributed by atoms with van der Waals surface area (Å²) in [4.78, 5) is 11.8. The van der Waals surface area contributed by atoms with E-state index in [1.165, 1.54) is 24.3 Å². The van der Waals surface area contributed by atoms with E-state index in [1.807, 2.05) is 0 Å². The van der Waals surface area contributed by atoms with Crippen LogP contribution in [0.4, 0.5) is 5.69 Å². The monoisotopic (exact) mass is 358 g/mol. The van der Waals surface area contributed by atoms with Gasteiger partial charge in [-0.15, -0.1) is 0 Å². The fourth-order valence-electron chi connectivity index (χ4n) is 1.60. The normalized spacial score (nSPS) is 11.2. The molecule has 0 saturated carbocycles. The first-order valence-corrected chi connectivity index (χ1v) is 8.41. The topological polar surface area (TPSA) is 75.3 Å². The number of hydrogen-bond donors (Lipinski definition) is 2. The van der Waals surface area contributed by atoms with Gasteiger partial charge >= 0.3 is 0 Å². The molecule has 0 aliphatic carbocycles. The second-order valence-electron chi connectivity index (χ2n) is 4.33. The lowest BCUT2D eigenvalue weighted by Crippen LogP contribution is -2.32. The molecule has 0 atom stereocenters. The molecule has 0 heterocycles. The Labute approximate surface area is 138 Å². The van der Waals surface area contributed by atoms with Crippen LogP contribution >= 0.6 is 23.2 Å². The molecule has 22 heavy (non-hydrogen) atoms. The van der Waals surface area contributed by atoms with E-state index in [4.69, 9.17) is 23.2 Å². The van der Waals surface area contributed by atoms with Crippen LogP contribution in [-0.2, 0) is 14.8 Å². The molecular formula is C14H12Cl2N2O3S. The molecule has 0 unspecified atom stereocenters. The molecule has 0 aromatic heterocycles. The van der Waals surface area contributed by atoms with E-state index in [-0.39, 0.29) is 11.4 Å². The molecule has 8 heteroatoms. The Morgan fingerprint density at radius 1 is 0.909 bits per heavy atom. The van der Waals surface area contributed by atoms with Gasteiger partial charge in [0.25, 0.3) is 0 Å². The van der Waals surface area contributed by atoms with Crippen molar-refractivity contribution in [2.24, 2.45) is 0 Å². The van der Waals surface area contributed by atoms with E-state index in [0.717, 1.165) is 0 Å². The van der Waals surface area contributed by atoms with Crippen LogP contribution in [0.2, 0.25) is 10.0 Å². The summed E-state index contributed by atoms with van der Waals surface area (Å²) in [6.07, 6.45) is 0. The van der Waals surface area contributed by atoms with Crippen LogP contribution in [-0.4, -0.2) is 20.9 Å². The summed E-state index contributed by atoms with van der Waals surface area (Å²) in [5.41, 5.74) is 0.528. The highest BCUT2D eigenvalue weighted by Crippen LogP contribution is 2.14. The second kappa shape index (κ2) is 7.11. The van der Waals surface area contributed by atoms with Crippen molar-refractivity contribution >= 4 is 44.8 Å². The van der Waals surface area contributed by atoms with Gasteiger partial charge in [-0.1, -0.05) is 23.2 Å². The molecule has 2 N–H and O–H groups in total. The molecule has 2 rings (SSSR count). The predicted octanol–water partition coefficient (Wildman–Crippen LogP) is 2.91. The minimum atomic E-state index is -3.76. The molecule has 0 radical (unpaired) electrons. The van der Waals surface area contributed by atoms with Gasteiger partial charge < -0.3 is 5.32 Å².